The lowest BCUT2D eigenvalue weighted by atomic mass is 10.2. The Bertz CT molecular complexity index is 642. The van der Waals surface area contributed by atoms with Crippen molar-refractivity contribution in [3.8, 4) is 5.75 Å². The molecule has 2 aromatic rings. The van der Waals surface area contributed by atoms with Gasteiger partial charge in [0.05, 0.1) is 5.56 Å². The lowest BCUT2D eigenvalue weighted by Crippen LogP contribution is -2.19. The van der Waals surface area contributed by atoms with Gasteiger partial charge in [-0.05, 0) is 23.9 Å². The number of ether oxygens (including phenoxy) is 2. The van der Waals surface area contributed by atoms with E-state index in [1.807, 2.05) is 19.1 Å². The summed E-state index contributed by atoms with van der Waals surface area (Å²) in [6, 6.07) is 11.1. The molecule has 0 aliphatic rings. The van der Waals surface area contributed by atoms with E-state index in [2.05, 4.69) is 0 Å². The van der Waals surface area contributed by atoms with Crippen LogP contribution in [0.3, 0.4) is 0 Å². The molecule has 0 aliphatic carbocycles. The molecule has 0 spiro atoms. The second-order valence-electron chi connectivity index (χ2n) is 4.67. The maximum absolute atomic E-state index is 13.1. The standard InChI is InChI=1S/C16H16F3O2P/c1-11-6-5-9-14(15(11)21-10-20-2)22-13-8-4-3-7-12(13)16(17,18)19/h3-9,22H,10H2,1-2H3. The molecule has 0 aliphatic heterocycles. The molecule has 0 bridgehead atoms. The average molecular weight is 328 g/mol. The Balaban J connectivity index is 2.38. The largest absolute Gasteiger partial charge is 0.467 e. The van der Waals surface area contributed by atoms with Gasteiger partial charge in [0.2, 0.25) is 0 Å². The number of methoxy groups -OCH3 is 1. The predicted octanol–water partition coefficient (Wildman–Crippen LogP) is 3.63. The molecule has 1 atom stereocenters. The quantitative estimate of drug-likeness (QED) is 0.616. The first-order valence-electron chi connectivity index (χ1n) is 6.58. The molecule has 2 rings (SSSR count). The van der Waals surface area contributed by atoms with E-state index >= 15 is 0 Å². The van der Waals surface area contributed by atoms with Crippen molar-refractivity contribution in [1.29, 1.82) is 0 Å². The average Bonchev–Trinajstić information content (AvgIpc) is 2.46. The van der Waals surface area contributed by atoms with Crippen LogP contribution in [0.15, 0.2) is 42.5 Å². The monoisotopic (exact) mass is 328 g/mol. The summed E-state index contributed by atoms with van der Waals surface area (Å²) in [5.41, 5.74) is 0.263. The minimum atomic E-state index is -4.36. The second kappa shape index (κ2) is 7.12. The maximum atomic E-state index is 13.1. The zero-order valence-electron chi connectivity index (χ0n) is 12.2. The van der Waals surface area contributed by atoms with Gasteiger partial charge < -0.3 is 9.47 Å². The lowest BCUT2D eigenvalue weighted by molar-refractivity contribution is -0.136. The SMILES string of the molecule is COCOc1c(C)cccc1Pc1ccccc1C(F)(F)F. The highest BCUT2D eigenvalue weighted by Crippen LogP contribution is 2.32. The fraction of sp³-hybridized carbons (Fsp3) is 0.250. The minimum absolute atomic E-state index is 0.0588. The molecule has 1 unspecified atom stereocenters. The summed E-state index contributed by atoms with van der Waals surface area (Å²) < 4.78 is 49.7. The summed E-state index contributed by atoms with van der Waals surface area (Å²) in [5, 5.41) is 0.983. The molecule has 0 aromatic heterocycles. The van der Waals surface area contributed by atoms with Crippen LogP contribution in [0.25, 0.3) is 0 Å². The van der Waals surface area contributed by atoms with Crippen LogP contribution in [0.4, 0.5) is 13.2 Å². The number of aryl methyl sites for hydroxylation is 1. The number of hydrogen-bond donors (Lipinski definition) is 0. The summed E-state index contributed by atoms with van der Waals surface area (Å²) in [7, 11) is 1.35. The van der Waals surface area contributed by atoms with E-state index in [1.54, 1.807) is 12.1 Å². The molecule has 118 valence electrons. The van der Waals surface area contributed by atoms with Crippen LogP contribution in [0, 0.1) is 6.92 Å². The Morgan fingerprint density at radius 1 is 1.00 bits per heavy atom. The van der Waals surface area contributed by atoms with E-state index in [-0.39, 0.29) is 20.7 Å². The molecular weight excluding hydrogens is 312 g/mol. The summed E-state index contributed by atoms with van der Waals surface area (Å²) >= 11 is 0. The molecular formula is C16H16F3O2P. The predicted molar refractivity (Wildman–Crippen MR) is 82.7 cm³/mol. The van der Waals surface area contributed by atoms with Crippen molar-refractivity contribution in [2.24, 2.45) is 0 Å². The van der Waals surface area contributed by atoms with Crippen molar-refractivity contribution in [2.45, 2.75) is 13.1 Å². The Morgan fingerprint density at radius 2 is 1.68 bits per heavy atom. The maximum Gasteiger partial charge on any atom is 0.417 e. The third-order valence-corrected chi connectivity index (χ3v) is 4.40. The van der Waals surface area contributed by atoms with E-state index in [9.17, 15) is 13.2 Å². The van der Waals surface area contributed by atoms with E-state index in [0.29, 0.717) is 5.75 Å². The Morgan fingerprint density at radius 3 is 2.36 bits per heavy atom. The molecule has 0 saturated heterocycles. The van der Waals surface area contributed by atoms with Crippen LogP contribution < -0.4 is 15.3 Å². The summed E-state index contributed by atoms with van der Waals surface area (Å²) in [4.78, 5) is 0. The normalized spacial score (nSPS) is 12.0. The van der Waals surface area contributed by atoms with Gasteiger partial charge in [-0.15, -0.1) is 0 Å². The molecule has 0 fully saturated rings. The number of halogens is 3. The highest BCUT2D eigenvalue weighted by molar-refractivity contribution is 7.55. The summed E-state index contributed by atoms with van der Waals surface area (Å²) in [6.07, 6.45) is -4.36. The third kappa shape index (κ3) is 3.99. The van der Waals surface area contributed by atoms with Gasteiger partial charge >= 0.3 is 6.18 Å². The molecule has 22 heavy (non-hydrogen) atoms. The van der Waals surface area contributed by atoms with E-state index < -0.39 is 11.7 Å². The van der Waals surface area contributed by atoms with Gasteiger partial charge in [-0.2, -0.15) is 13.2 Å². The van der Waals surface area contributed by atoms with Crippen LogP contribution in [0.5, 0.6) is 5.75 Å². The zero-order chi connectivity index (χ0) is 16.2. The topological polar surface area (TPSA) is 18.5 Å². The molecule has 0 N–H and O–H groups in total. The van der Waals surface area contributed by atoms with Crippen LogP contribution in [-0.2, 0) is 10.9 Å². The highest BCUT2D eigenvalue weighted by atomic mass is 31.1. The molecule has 0 saturated carbocycles. The third-order valence-electron chi connectivity index (χ3n) is 3.03. The van der Waals surface area contributed by atoms with E-state index in [1.165, 1.54) is 19.2 Å². The van der Waals surface area contributed by atoms with Crippen LogP contribution in [0.1, 0.15) is 11.1 Å². The Labute approximate surface area is 129 Å². The number of alkyl halides is 3. The number of benzene rings is 2. The summed E-state index contributed by atoms with van der Waals surface area (Å²) in [5.74, 6) is 0.583. The van der Waals surface area contributed by atoms with Crippen molar-refractivity contribution in [3.05, 3.63) is 53.6 Å². The van der Waals surface area contributed by atoms with Gasteiger partial charge in [0, 0.05) is 12.4 Å². The van der Waals surface area contributed by atoms with E-state index in [0.717, 1.165) is 16.9 Å². The number of rotatable bonds is 5. The lowest BCUT2D eigenvalue weighted by Gasteiger charge is -2.16. The van der Waals surface area contributed by atoms with Crippen molar-refractivity contribution < 1.29 is 22.6 Å². The molecule has 0 heterocycles. The minimum Gasteiger partial charge on any atom is -0.467 e. The number of hydrogen-bond acceptors (Lipinski definition) is 2. The molecule has 0 radical (unpaired) electrons. The van der Waals surface area contributed by atoms with Crippen LogP contribution in [-0.4, -0.2) is 13.9 Å². The van der Waals surface area contributed by atoms with Gasteiger partial charge in [-0.25, -0.2) is 0 Å². The van der Waals surface area contributed by atoms with Gasteiger partial charge in [0.25, 0.3) is 0 Å². The summed E-state index contributed by atoms with van der Waals surface area (Å²) in [6.45, 7) is 1.91. The van der Waals surface area contributed by atoms with Crippen molar-refractivity contribution in [1.82, 2.24) is 0 Å². The van der Waals surface area contributed by atoms with Crippen molar-refractivity contribution >= 4 is 19.2 Å². The van der Waals surface area contributed by atoms with Crippen molar-refractivity contribution in [2.75, 3.05) is 13.9 Å². The van der Waals surface area contributed by atoms with Gasteiger partial charge in [-0.3, -0.25) is 0 Å². The fourth-order valence-corrected chi connectivity index (χ4v) is 3.44. The molecule has 6 heteroatoms. The molecule has 0 amide bonds. The Kier molecular flexibility index (Phi) is 5.43. The van der Waals surface area contributed by atoms with Crippen LogP contribution >= 0.6 is 8.58 Å². The second-order valence-corrected chi connectivity index (χ2v) is 6.00. The van der Waals surface area contributed by atoms with Gasteiger partial charge in [0.1, 0.15) is 5.75 Å². The zero-order valence-corrected chi connectivity index (χ0v) is 13.2. The van der Waals surface area contributed by atoms with Gasteiger partial charge in [0.15, 0.2) is 6.79 Å². The first-order chi connectivity index (χ1) is 10.4. The van der Waals surface area contributed by atoms with Crippen LogP contribution in [0.2, 0.25) is 0 Å². The van der Waals surface area contributed by atoms with Crippen molar-refractivity contribution in [3.63, 3.8) is 0 Å². The fourth-order valence-electron chi connectivity index (χ4n) is 2.04. The first kappa shape index (κ1) is 16.8. The van der Waals surface area contributed by atoms with E-state index in [4.69, 9.17) is 9.47 Å². The molecule has 2 aromatic carbocycles. The molecule has 2 nitrogen and oxygen atoms in total. The smallest absolute Gasteiger partial charge is 0.417 e. The first-order valence-corrected chi connectivity index (χ1v) is 7.58. The Hall–Kier alpha value is -1.58. The highest BCUT2D eigenvalue weighted by Gasteiger charge is 2.33. The number of para-hydroxylation sites is 1. The van der Waals surface area contributed by atoms with Gasteiger partial charge in [-0.1, -0.05) is 45.0 Å².